The van der Waals surface area contributed by atoms with Crippen LogP contribution in [0, 0.1) is 5.92 Å². The second kappa shape index (κ2) is 7.72. The van der Waals surface area contributed by atoms with Crippen LogP contribution in [0.2, 0.25) is 10.0 Å². The zero-order valence-corrected chi connectivity index (χ0v) is 13.4. The van der Waals surface area contributed by atoms with Crippen LogP contribution >= 0.6 is 23.2 Å². The number of halogens is 2. The topological polar surface area (TPSA) is 64.3 Å². The van der Waals surface area contributed by atoms with Crippen molar-refractivity contribution in [2.45, 2.75) is 26.8 Å². The summed E-state index contributed by atoms with van der Waals surface area (Å²) in [4.78, 5) is 12.3. The lowest BCUT2D eigenvalue weighted by molar-refractivity contribution is 0.0806. The molecule has 1 atom stereocenters. The maximum Gasteiger partial charge on any atom is 0.253 e. The molecule has 0 saturated carbocycles. The van der Waals surface area contributed by atoms with Crippen molar-refractivity contribution in [1.82, 2.24) is 5.32 Å². The number of ether oxygens (including phenoxy) is 1. The van der Waals surface area contributed by atoms with Crippen LogP contribution in [0.25, 0.3) is 0 Å². The van der Waals surface area contributed by atoms with Gasteiger partial charge in [-0.05, 0) is 25.0 Å². The van der Waals surface area contributed by atoms with E-state index in [1.54, 1.807) is 0 Å². The highest BCUT2D eigenvalue weighted by molar-refractivity contribution is 6.44. The fourth-order valence-corrected chi connectivity index (χ4v) is 2.09. The predicted octanol–water partition coefficient (Wildman–Crippen LogP) is 3.37. The first kappa shape index (κ1) is 17.1. The van der Waals surface area contributed by atoms with E-state index in [-0.39, 0.29) is 33.5 Å². The Kier molecular flexibility index (Phi) is 6.59. The lowest BCUT2D eigenvalue weighted by atomic mass is 10.0. The predicted molar refractivity (Wildman–Crippen MR) is 83.5 cm³/mol. The van der Waals surface area contributed by atoms with Crippen molar-refractivity contribution in [3.63, 3.8) is 0 Å². The van der Waals surface area contributed by atoms with Crippen LogP contribution in [0.1, 0.15) is 31.1 Å². The zero-order chi connectivity index (χ0) is 15.3. The molecule has 0 saturated heterocycles. The summed E-state index contributed by atoms with van der Waals surface area (Å²) >= 11 is 12.0. The molecule has 1 unspecified atom stereocenters. The van der Waals surface area contributed by atoms with Gasteiger partial charge in [0.1, 0.15) is 0 Å². The Morgan fingerprint density at radius 1 is 1.40 bits per heavy atom. The van der Waals surface area contributed by atoms with Gasteiger partial charge in [0.15, 0.2) is 0 Å². The molecule has 0 radical (unpaired) electrons. The molecule has 6 heteroatoms. The summed E-state index contributed by atoms with van der Waals surface area (Å²) in [6, 6.07) is 2.93. The molecule has 1 aromatic carbocycles. The number of nitrogen functional groups attached to an aromatic ring is 1. The van der Waals surface area contributed by atoms with Gasteiger partial charge in [0.2, 0.25) is 0 Å². The first-order valence-electron chi connectivity index (χ1n) is 6.49. The third kappa shape index (κ3) is 4.54. The quantitative estimate of drug-likeness (QED) is 0.790. The summed E-state index contributed by atoms with van der Waals surface area (Å²) in [6.45, 7) is 6.99. The van der Waals surface area contributed by atoms with Crippen LogP contribution < -0.4 is 11.1 Å². The lowest BCUT2D eigenvalue weighted by Gasteiger charge is -2.22. The van der Waals surface area contributed by atoms with Gasteiger partial charge >= 0.3 is 0 Å². The van der Waals surface area contributed by atoms with E-state index in [0.717, 1.165) is 0 Å². The molecule has 112 valence electrons. The first-order chi connectivity index (χ1) is 9.36. The van der Waals surface area contributed by atoms with E-state index in [4.69, 9.17) is 33.7 Å². The molecule has 0 heterocycles. The summed E-state index contributed by atoms with van der Waals surface area (Å²) in [5, 5.41) is 3.37. The molecule has 1 aromatic rings. The number of carbonyl (C=O) groups is 1. The first-order valence-corrected chi connectivity index (χ1v) is 7.25. The van der Waals surface area contributed by atoms with Gasteiger partial charge in [0, 0.05) is 12.3 Å². The van der Waals surface area contributed by atoms with Crippen LogP contribution in [0.15, 0.2) is 12.1 Å². The number of nitrogens with one attached hydrogen (secondary N) is 1. The molecule has 0 aliphatic heterocycles. The smallest absolute Gasteiger partial charge is 0.253 e. The van der Waals surface area contributed by atoms with Crippen LogP contribution in [0.3, 0.4) is 0 Å². The van der Waals surface area contributed by atoms with E-state index < -0.39 is 0 Å². The molecule has 1 rings (SSSR count). The van der Waals surface area contributed by atoms with Crippen molar-refractivity contribution in [2.24, 2.45) is 5.92 Å². The molecule has 0 spiro atoms. The highest BCUT2D eigenvalue weighted by Gasteiger charge is 2.20. The number of hydrogen-bond acceptors (Lipinski definition) is 3. The molecule has 4 nitrogen and oxygen atoms in total. The molecule has 0 aliphatic rings. The molecule has 0 aliphatic carbocycles. The van der Waals surface area contributed by atoms with Gasteiger partial charge in [0.25, 0.3) is 5.91 Å². The van der Waals surface area contributed by atoms with Crippen molar-refractivity contribution in [3.8, 4) is 0 Å². The molecule has 3 N–H and O–H groups in total. The van der Waals surface area contributed by atoms with Gasteiger partial charge in [-0.15, -0.1) is 0 Å². The van der Waals surface area contributed by atoms with Crippen LogP contribution in [-0.4, -0.2) is 25.2 Å². The molecule has 0 bridgehead atoms. The minimum Gasteiger partial charge on any atom is -0.399 e. The largest absolute Gasteiger partial charge is 0.399 e. The van der Waals surface area contributed by atoms with E-state index in [0.29, 0.717) is 18.9 Å². The third-order valence-electron chi connectivity index (χ3n) is 2.92. The molecular formula is C14H20Cl2N2O2. The minimum absolute atomic E-state index is 0.0984. The highest BCUT2D eigenvalue weighted by atomic mass is 35.5. The monoisotopic (exact) mass is 318 g/mol. The summed E-state index contributed by atoms with van der Waals surface area (Å²) < 4.78 is 5.37. The van der Waals surface area contributed by atoms with E-state index in [1.807, 2.05) is 20.8 Å². The Bertz CT molecular complexity index is 478. The molecule has 0 aromatic heterocycles. The third-order valence-corrected chi connectivity index (χ3v) is 3.72. The van der Waals surface area contributed by atoms with Crippen molar-refractivity contribution < 1.29 is 9.53 Å². The Balaban J connectivity index is 2.89. The average molecular weight is 319 g/mol. The SMILES string of the molecule is CCOCC(NC(=O)c1cc(N)cc(Cl)c1Cl)C(C)C. The van der Waals surface area contributed by atoms with E-state index >= 15 is 0 Å². The Morgan fingerprint density at radius 3 is 2.60 bits per heavy atom. The summed E-state index contributed by atoms with van der Waals surface area (Å²) in [5.41, 5.74) is 6.36. The van der Waals surface area contributed by atoms with Gasteiger partial charge in [-0.25, -0.2) is 0 Å². The Labute approximate surface area is 129 Å². The fourth-order valence-electron chi connectivity index (χ4n) is 1.67. The number of rotatable bonds is 6. The number of benzene rings is 1. The van der Waals surface area contributed by atoms with Gasteiger partial charge in [-0.1, -0.05) is 37.0 Å². The number of amides is 1. The van der Waals surface area contributed by atoms with Gasteiger partial charge in [-0.3, -0.25) is 4.79 Å². The summed E-state index contributed by atoms with van der Waals surface area (Å²) in [7, 11) is 0. The minimum atomic E-state index is -0.303. The van der Waals surface area contributed by atoms with Gasteiger partial charge < -0.3 is 15.8 Å². The van der Waals surface area contributed by atoms with Crippen LogP contribution in [-0.2, 0) is 4.74 Å². The second-order valence-corrected chi connectivity index (χ2v) is 5.63. The number of nitrogens with two attached hydrogens (primary N) is 1. The number of carbonyl (C=O) groups excluding carboxylic acids is 1. The summed E-state index contributed by atoms with van der Waals surface area (Å²) in [5.74, 6) is -0.0663. The van der Waals surface area contributed by atoms with Gasteiger partial charge in [-0.2, -0.15) is 0 Å². The number of hydrogen-bond donors (Lipinski definition) is 2. The van der Waals surface area contributed by atoms with E-state index in [9.17, 15) is 4.79 Å². The molecule has 0 fully saturated rings. The van der Waals surface area contributed by atoms with E-state index in [1.165, 1.54) is 12.1 Å². The number of anilines is 1. The maximum atomic E-state index is 12.3. The van der Waals surface area contributed by atoms with Crippen LogP contribution in [0.5, 0.6) is 0 Å². The fraction of sp³-hybridized carbons (Fsp3) is 0.500. The van der Waals surface area contributed by atoms with Crippen molar-refractivity contribution in [2.75, 3.05) is 18.9 Å². The Hall–Kier alpha value is -0.970. The standard InChI is InChI=1S/C14H20Cl2N2O2/c1-4-20-7-12(8(2)3)18-14(19)10-5-9(17)6-11(15)13(10)16/h5-6,8,12H,4,7,17H2,1-3H3,(H,18,19). The summed E-state index contributed by atoms with van der Waals surface area (Å²) in [6.07, 6.45) is 0. The highest BCUT2D eigenvalue weighted by Crippen LogP contribution is 2.28. The second-order valence-electron chi connectivity index (χ2n) is 4.85. The van der Waals surface area contributed by atoms with E-state index in [2.05, 4.69) is 5.32 Å². The van der Waals surface area contributed by atoms with Crippen molar-refractivity contribution in [3.05, 3.63) is 27.7 Å². The molecule has 1 amide bonds. The van der Waals surface area contributed by atoms with Crippen molar-refractivity contribution in [1.29, 1.82) is 0 Å². The lowest BCUT2D eigenvalue weighted by Crippen LogP contribution is -2.42. The average Bonchev–Trinajstić information content (AvgIpc) is 2.38. The van der Waals surface area contributed by atoms with Crippen molar-refractivity contribution >= 4 is 34.8 Å². The van der Waals surface area contributed by atoms with Crippen LogP contribution in [0.4, 0.5) is 5.69 Å². The Morgan fingerprint density at radius 2 is 2.05 bits per heavy atom. The maximum absolute atomic E-state index is 12.3. The van der Waals surface area contributed by atoms with Gasteiger partial charge in [0.05, 0.1) is 28.3 Å². The normalized spacial score (nSPS) is 12.5. The molecule has 20 heavy (non-hydrogen) atoms. The molecular weight excluding hydrogens is 299 g/mol. The zero-order valence-electron chi connectivity index (χ0n) is 11.9.